The van der Waals surface area contributed by atoms with Crippen molar-refractivity contribution in [2.24, 2.45) is 0 Å². The topological polar surface area (TPSA) is 26.3 Å². The van der Waals surface area contributed by atoms with Gasteiger partial charge in [0.05, 0.1) is 6.61 Å². The van der Waals surface area contributed by atoms with Crippen LogP contribution in [0.25, 0.3) is 17.2 Å². The second-order valence-corrected chi connectivity index (χ2v) is 5.42. The molecule has 0 aromatic heterocycles. The number of benzene rings is 2. The minimum Gasteiger partial charge on any atom is -0.463 e. The van der Waals surface area contributed by atoms with E-state index < -0.39 is 0 Å². The molecule has 0 fully saturated rings. The number of esters is 1. The first-order chi connectivity index (χ1) is 10.2. The quantitative estimate of drug-likeness (QED) is 0.526. The fourth-order valence-electron chi connectivity index (χ4n) is 2.66. The number of halogens is 1. The van der Waals surface area contributed by atoms with E-state index in [1.54, 1.807) is 13.0 Å². The number of hydrogen-bond acceptors (Lipinski definition) is 2. The van der Waals surface area contributed by atoms with Crippen molar-refractivity contribution in [2.45, 2.75) is 13.3 Å². The van der Waals surface area contributed by atoms with Crippen LogP contribution in [-0.2, 0) is 16.0 Å². The van der Waals surface area contributed by atoms with Gasteiger partial charge in [0.1, 0.15) is 0 Å². The Labute approximate surface area is 129 Å². The maximum absolute atomic E-state index is 11.3. The Morgan fingerprint density at radius 2 is 1.90 bits per heavy atom. The van der Waals surface area contributed by atoms with E-state index in [1.165, 1.54) is 28.3 Å². The van der Waals surface area contributed by atoms with Crippen molar-refractivity contribution in [3.63, 3.8) is 0 Å². The molecule has 0 saturated heterocycles. The number of rotatable bonds is 3. The number of carbonyl (C=O) groups excluding carboxylic acids is 1. The molecule has 2 nitrogen and oxygen atoms in total. The maximum atomic E-state index is 11.3. The van der Waals surface area contributed by atoms with E-state index in [1.807, 2.05) is 18.2 Å². The average Bonchev–Trinajstić information content (AvgIpc) is 2.81. The third kappa shape index (κ3) is 2.86. The van der Waals surface area contributed by atoms with Crippen LogP contribution in [-0.4, -0.2) is 12.6 Å². The van der Waals surface area contributed by atoms with E-state index >= 15 is 0 Å². The van der Waals surface area contributed by atoms with Crippen LogP contribution >= 0.6 is 11.6 Å². The average molecular weight is 299 g/mol. The molecule has 106 valence electrons. The molecule has 0 atom stereocenters. The van der Waals surface area contributed by atoms with Crippen LogP contribution in [0, 0.1) is 0 Å². The zero-order valence-corrected chi connectivity index (χ0v) is 12.5. The molecule has 0 amide bonds. The minimum absolute atomic E-state index is 0.312. The molecule has 2 aromatic carbocycles. The predicted molar refractivity (Wildman–Crippen MR) is 85.4 cm³/mol. The maximum Gasteiger partial charge on any atom is 0.330 e. The number of carbonyl (C=O) groups is 1. The molecule has 0 spiro atoms. The van der Waals surface area contributed by atoms with Gasteiger partial charge in [0.25, 0.3) is 0 Å². The first kappa shape index (κ1) is 13.9. The van der Waals surface area contributed by atoms with Crippen molar-refractivity contribution in [2.75, 3.05) is 6.61 Å². The Kier molecular flexibility index (Phi) is 3.80. The van der Waals surface area contributed by atoms with Crippen molar-refractivity contribution in [3.8, 4) is 11.1 Å². The normalized spacial score (nSPS) is 12.3. The van der Waals surface area contributed by atoms with Gasteiger partial charge < -0.3 is 4.74 Å². The summed E-state index contributed by atoms with van der Waals surface area (Å²) in [6.45, 7) is 2.19. The van der Waals surface area contributed by atoms with Gasteiger partial charge in [0.15, 0.2) is 0 Å². The van der Waals surface area contributed by atoms with E-state index in [0.717, 1.165) is 17.0 Å². The van der Waals surface area contributed by atoms with Gasteiger partial charge in [-0.1, -0.05) is 35.9 Å². The molecule has 0 heterocycles. The van der Waals surface area contributed by atoms with Crippen LogP contribution in [0.2, 0.25) is 5.02 Å². The van der Waals surface area contributed by atoms with Crippen molar-refractivity contribution in [3.05, 3.63) is 64.2 Å². The fraction of sp³-hybridized carbons (Fsp3) is 0.167. The zero-order valence-electron chi connectivity index (χ0n) is 11.7. The lowest BCUT2D eigenvalue weighted by Gasteiger charge is -2.02. The van der Waals surface area contributed by atoms with E-state index in [2.05, 4.69) is 18.2 Å². The van der Waals surface area contributed by atoms with Gasteiger partial charge in [-0.25, -0.2) is 4.79 Å². The molecule has 3 rings (SSSR count). The number of fused-ring (bicyclic) bond motifs is 3. The SMILES string of the molecule is CCOC(=O)/C=C/c1ccc2c(c1)Cc1cc(Cl)ccc1-2. The van der Waals surface area contributed by atoms with Crippen LogP contribution in [0.3, 0.4) is 0 Å². The summed E-state index contributed by atoms with van der Waals surface area (Å²) in [4.78, 5) is 11.3. The first-order valence-electron chi connectivity index (χ1n) is 6.94. The zero-order chi connectivity index (χ0) is 14.8. The molecule has 0 unspecified atom stereocenters. The molecule has 0 N–H and O–H groups in total. The molecule has 21 heavy (non-hydrogen) atoms. The lowest BCUT2D eigenvalue weighted by atomic mass is 10.0. The molecular weight excluding hydrogens is 284 g/mol. The fourth-order valence-corrected chi connectivity index (χ4v) is 2.85. The molecule has 0 aliphatic heterocycles. The standard InChI is InChI=1S/C18H15ClO2/c1-2-21-18(20)8-4-12-3-6-16-13(9-12)10-14-11-15(19)5-7-17(14)16/h3-9,11H,2,10H2,1H3/b8-4+. The molecule has 0 radical (unpaired) electrons. The van der Waals surface area contributed by atoms with Gasteiger partial charge in [-0.2, -0.15) is 0 Å². The minimum atomic E-state index is -0.312. The summed E-state index contributed by atoms with van der Waals surface area (Å²) in [5.74, 6) is -0.312. The summed E-state index contributed by atoms with van der Waals surface area (Å²) < 4.78 is 4.88. The van der Waals surface area contributed by atoms with Gasteiger partial charge in [-0.3, -0.25) is 0 Å². The third-order valence-corrected chi connectivity index (χ3v) is 3.80. The number of ether oxygens (including phenoxy) is 1. The molecule has 0 saturated carbocycles. The Morgan fingerprint density at radius 3 is 2.67 bits per heavy atom. The molecule has 1 aliphatic carbocycles. The lowest BCUT2D eigenvalue weighted by Crippen LogP contribution is -1.98. The summed E-state index contributed by atoms with van der Waals surface area (Å²) in [5, 5.41) is 0.768. The van der Waals surface area contributed by atoms with Crippen molar-refractivity contribution in [1.82, 2.24) is 0 Å². The van der Waals surface area contributed by atoms with Crippen LogP contribution < -0.4 is 0 Å². The van der Waals surface area contributed by atoms with Crippen molar-refractivity contribution >= 4 is 23.6 Å². The molecular formula is C18H15ClO2. The first-order valence-corrected chi connectivity index (χ1v) is 7.31. The largest absolute Gasteiger partial charge is 0.463 e. The second kappa shape index (κ2) is 5.74. The summed E-state index contributed by atoms with van der Waals surface area (Å²) >= 11 is 6.05. The predicted octanol–water partition coefficient (Wildman–Crippen LogP) is 4.49. The summed E-state index contributed by atoms with van der Waals surface area (Å²) in [5.41, 5.74) is 6.01. The summed E-state index contributed by atoms with van der Waals surface area (Å²) in [6.07, 6.45) is 4.13. The van der Waals surface area contributed by atoms with Gasteiger partial charge in [-0.05, 0) is 59.4 Å². The van der Waals surface area contributed by atoms with E-state index in [4.69, 9.17) is 16.3 Å². The van der Waals surface area contributed by atoms with Gasteiger partial charge in [0.2, 0.25) is 0 Å². The van der Waals surface area contributed by atoms with E-state index in [0.29, 0.717) is 6.61 Å². The van der Waals surface area contributed by atoms with Gasteiger partial charge in [0, 0.05) is 11.1 Å². The van der Waals surface area contributed by atoms with Crippen LogP contribution in [0.4, 0.5) is 0 Å². The smallest absolute Gasteiger partial charge is 0.330 e. The monoisotopic (exact) mass is 298 g/mol. The molecule has 0 bridgehead atoms. The second-order valence-electron chi connectivity index (χ2n) is 4.98. The van der Waals surface area contributed by atoms with E-state index in [9.17, 15) is 4.79 Å². The highest BCUT2D eigenvalue weighted by molar-refractivity contribution is 6.30. The summed E-state index contributed by atoms with van der Waals surface area (Å²) in [6, 6.07) is 12.2. The van der Waals surface area contributed by atoms with Crippen LogP contribution in [0.15, 0.2) is 42.5 Å². The van der Waals surface area contributed by atoms with Crippen LogP contribution in [0.5, 0.6) is 0 Å². The van der Waals surface area contributed by atoms with E-state index in [-0.39, 0.29) is 5.97 Å². The Bertz CT molecular complexity index is 732. The third-order valence-electron chi connectivity index (χ3n) is 3.57. The lowest BCUT2D eigenvalue weighted by molar-refractivity contribution is -0.137. The van der Waals surface area contributed by atoms with Gasteiger partial charge in [-0.15, -0.1) is 0 Å². The van der Waals surface area contributed by atoms with Gasteiger partial charge >= 0.3 is 5.97 Å². The Balaban J connectivity index is 1.87. The highest BCUT2D eigenvalue weighted by atomic mass is 35.5. The number of hydrogen-bond donors (Lipinski definition) is 0. The van der Waals surface area contributed by atoms with Crippen LogP contribution in [0.1, 0.15) is 23.6 Å². The van der Waals surface area contributed by atoms with Crippen molar-refractivity contribution < 1.29 is 9.53 Å². The van der Waals surface area contributed by atoms with Crippen molar-refractivity contribution in [1.29, 1.82) is 0 Å². The highest BCUT2D eigenvalue weighted by Crippen LogP contribution is 2.38. The summed E-state index contributed by atoms with van der Waals surface area (Å²) in [7, 11) is 0. The molecule has 2 aromatic rings. The molecule has 3 heteroatoms. The molecule has 1 aliphatic rings. The Morgan fingerprint density at radius 1 is 1.19 bits per heavy atom. The Hall–Kier alpha value is -2.06. The highest BCUT2D eigenvalue weighted by Gasteiger charge is 2.18.